The van der Waals surface area contributed by atoms with Gasteiger partial charge >= 0.3 is 0 Å². The Morgan fingerprint density at radius 1 is 1.30 bits per heavy atom. The zero-order valence-corrected chi connectivity index (χ0v) is 13.0. The van der Waals surface area contributed by atoms with Crippen molar-refractivity contribution in [2.45, 2.75) is 47.1 Å². The molecule has 0 unspecified atom stereocenters. The third-order valence-corrected chi connectivity index (χ3v) is 2.71. The summed E-state index contributed by atoms with van der Waals surface area (Å²) in [4.78, 5) is 14.2. The number of aromatic amines is 1. The molecule has 0 saturated carbocycles. The van der Waals surface area contributed by atoms with Gasteiger partial charge in [-0.25, -0.2) is 0 Å². The van der Waals surface area contributed by atoms with Crippen LogP contribution in [-0.2, 0) is 11.2 Å². The number of hydrogen-bond acceptors (Lipinski definition) is 3. The lowest BCUT2D eigenvalue weighted by Gasteiger charge is -2.06. The van der Waals surface area contributed by atoms with Crippen LogP contribution in [-0.4, -0.2) is 21.9 Å². The molecular weight excluding hydrogens is 252 g/mol. The average Bonchev–Trinajstić information content (AvgIpc) is 2.85. The van der Waals surface area contributed by atoms with Crippen molar-refractivity contribution in [3.63, 3.8) is 0 Å². The molecule has 0 spiro atoms. The van der Waals surface area contributed by atoms with Gasteiger partial charge in [-0.05, 0) is 37.1 Å². The fraction of sp³-hybridized carbons (Fsp3) is 0.438. The Kier molecular flexibility index (Phi) is 8.32. The molecule has 20 heavy (non-hydrogen) atoms. The van der Waals surface area contributed by atoms with Gasteiger partial charge in [-0.2, -0.15) is 0 Å². The lowest BCUT2D eigenvalue weighted by molar-refractivity contribution is -0.118. The molecular formula is C16H26N2O2. The van der Waals surface area contributed by atoms with Crippen molar-refractivity contribution in [2.75, 3.05) is 0 Å². The second kappa shape index (κ2) is 9.15. The van der Waals surface area contributed by atoms with Crippen molar-refractivity contribution < 1.29 is 9.90 Å². The van der Waals surface area contributed by atoms with Crippen LogP contribution >= 0.6 is 0 Å². The Bertz CT molecular complexity index is 532. The summed E-state index contributed by atoms with van der Waals surface area (Å²) in [5.74, 6) is 0.180. The predicted molar refractivity (Wildman–Crippen MR) is 85.0 cm³/mol. The van der Waals surface area contributed by atoms with Crippen LogP contribution in [0.15, 0.2) is 24.4 Å². The number of H-pyrrole nitrogens is 1. The van der Waals surface area contributed by atoms with Gasteiger partial charge in [0.1, 0.15) is 11.5 Å². The zero-order chi connectivity index (χ0) is 15.7. The quantitative estimate of drug-likeness (QED) is 0.805. The van der Waals surface area contributed by atoms with E-state index in [4.69, 9.17) is 5.73 Å². The molecule has 1 aromatic heterocycles. The molecule has 0 aliphatic rings. The summed E-state index contributed by atoms with van der Waals surface area (Å²) in [6.07, 6.45) is 2.31. The maximum absolute atomic E-state index is 11.1. The molecule has 1 heterocycles. The summed E-state index contributed by atoms with van der Waals surface area (Å²) in [6.45, 7) is 9.48. The van der Waals surface area contributed by atoms with Gasteiger partial charge in [-0.15, -0.1) is 0 Å². The topological polar surface area (TPSA) is 79.1 Å². The van der Waals surface area contributed by atoms with E-state index in [1.807, 2.05) is 33.9 Å². The van der Waals surface area contributed by atoms with Gasteiger partial charge in [0.25, 0.3) is 0 Å². The first-order valence-electron chi connectivity index (χ1n) is 7.13. The molecule has 0 radical (unpaired) electrons. The van der Waals surface area contributed by atoms with Gasteiger partial charge in [0.15, 0.2) is 0 Å². The standard InChI is InChI=1S/C12H14N2O2.2C2H6/c1-7(15)11(13)4-8-6-14-12-3-2-9(16)5-10(8)12;2*1-2/h2-3,5-6,11,14,16H,4,13H2,1H3;2*1-2H3/t11-;;/m0../s1. The van der Waals surface area contributed by atoms with E-state index in [1.54, 1.807) is 18.2 Å². The highest BCUT2D eigenvalue weighted by Gasteiger charge is 2.12. The number of rotatable bonds is 3. The van der Waals surface area contributed by atoms with Crippen molar-refractivity contribution in [1.82, 2.24) is 4.98 Å². The SMILES string of the molecule is CC.CC.CC(=O)[C@@H](N)Cc1c[nH]c2ccc(O)cc12. The Labute approximate surface area is 121 Å². The van der Waals surface area contributed by atoms with Gasteiger partial charge < -0.3 is 15.8 Å². The summed E-state index contributed by atoms with van der Waals surface area (Å²) in [7, 11) is 0. The first-order chi connectivity index (χ1) is 9.58. The number of nitrogens with two attached hydrogens (primary N) is 1. The van der Waals surface area contributed by atoms with Gasteiger partial charge in [0, 0.05) is 17.1 Å². The number of aromatic hydroxyl groups is 1. The number of nitrogens with one attached hydrogen (secondary N) is 1. The fourth-order valence-electron chi connectivity index (χ4n) is 1.72. The Morgan fingerprint density at radius 3 is 2.45 bits per heavy atom. The van der Waals surface area contributed by atoms with Crippen LogP contribution < -0.4 is 5.73 Å². The lowest BCUT2D eigenvalue weighted by Crippen LogP contribution is -2.30. The molecule has 0 saturated heterocycles. The van der Waals surface area contributed by atoms with E-state index in [2.05, 4.69) is 4.98 Å². The number of Topliss-reactive ketones (excluding diaryl/α,β-unsaturated/α-hetero) is 1. The summed E-state index contributed by atoms with van der Waals surface area (Å²) in [6, 6.07) is 4.61. The summed E-state index contributed by atoms with van der Waals surface area (Å²) < 4.78 is 0. The number of ketones is 1. The van der Waals surface area contributed by atoms with E-state index in [0.717, 1.165) is 16.5 Å². The van der Waals surface area contributed by atoms with Crippen LogP contribution in [0.2, 0.25) is 0 Å². The minimum Gasteiger partial charge on any atom is -0.508 e. The molecule has 0 aliphatic carbocycles. The summed E-state index contributed by atoms with van der Waals surface area (Å²) in [5, 5.41) is 10.3. The van der Waals surface area contributed by atoms with Gasteiger partial charge in [0.2, 0.25) is 0 Å². The van der Waals surface area contributed by atoms with E-state index >= 15 is 0 Å². The monoisotopic (exact) mass is 278 g/mol. The number of phenolic OH excluding ortho intramolecular Hbond substituents is 1. The van der Waals surface area contributed by atoms with Crippen LogP contribution in [0.5, 0.6) is 5.75 Å². The smallest absolute Gasteiger partial charge is 0.146 e. The van der Waals surface area contributed by atoms with E-state index in [9.17, 15) is 9.90 Å². The molecule has 2 aromatic rings. The molecule has 1 atom stereocenters. The molecule has 0 amide bonds. The predicted octanol–water partition coefficient (Wildman–Crippen LogP) is 3.38. The summed E-state index contributed by atoms with van der Waals surface area (Å²) >= 11 is 0. The van der Waals surface area contributed by atoms with Crippen molar-refractivity contribution in [1.29, 1.82) is 0 Å². The molecule has 0 fully saturated rings. The van der Waals surface area contributed by atoms with Gasteiger partial charge in [-0.1, -0.05) is 27.7 Å². The van der Waals surface area contributed by atoms with Crippen LogP contribution in [0.1, 0.15) is 40.2 Å². The van der Waals surface area contributed by atoms with Crippen LogP contribution in [0.4, 0.5) is 0 Å². The van der Waals surface area contributed by atoms with Crippen LogP contribution in [0, 0.1) is 0 Å². The Hall–Kier alpha value is -1.81. The van der Waals surface area contributed by atoms with Crippen molar-refractivity contribution in [3.05, 3.63) is 30.0 Å². The largest absolute Gasteiger partial charge is 0.508 e. The fourth-order valence-corrected chi connectivity index (χ4v) is 1.72. The molecule has 0 bridgehead atoms. The number of carbonyl (C=O) groups excluding carboxylic acids is 1. The second-order valence-electron chi connectivity index (χ2n) is 3.97. The van der Waals surface area contributed by atoms with Crippen molar-refractivity contribution in [2.24, 2.45) is 5.73 Å². The highest BCUT2D eigenvalue weighted by Crippen LogP contribution is 2.23. The first kappa shape index (κ1) is 18.2. The molecule has 4 N–H and O–H groups in total. The van der Waals surface area contributed by atoms with Crippen molar-refractivity contribution in [3.8, 4) is 5.75 Å². The van der Waals surface area contributed by atoms with Crippen molar-refractivity contribution >= 4 is 16.7 Å². The number of fused-ring (bicyclic) bond motifs is 1. The molecule has 4 heteroatoms. The second-order valence-corrected chi connectivity index (χ2v) is 3.97. The van der Waals surface area contributed by atoms with E-state index in [-0.39, 0.29) is 11.5 Å². The normalized spacial score (nSPS) is 10.9. The lowest BCUT2D eigenvalue weighted by atomic mass is 10.0. The number of hydrogen-bond donors (Lipinski definition) is 3. The highest BCUT2D eigenvalue weighted by atomic mass is 16.3. The van der Waals surface area contributed by atoms with E-state index in [0.29, 0.717) is 6.42 Å². The van der Waals surface area contributed by atoms with Crippen LogP contribution in [0.25, 0.3) is 10.9 Å². The maximum atomic E-state index is 11.1. The molecule has 0 aliphatic heterocycles. The average molecular weight is 278 g/mol. The Balaban J connectivity index is 0.000000829. The maximum Gasteiger partial charge on any atom is 0.146 e. The summed E-state index contributed by atoms with van der Waals surface area (Å²) in [5.41, 5.74) is 7.60. The third kappa shape index (κ3) is 4.70. The van der Waals surface area contributed by atoms with Crippen LogP contribution in [0.3, 0.4) is 0 Å². The molecule has 112 valence electrons. The first-order valence-corrected chi connectivity index (χ1v) is 7.13. The van der Waals surface area contributed by atoms with Gasteiger partial charge in [-0.3, -0.25) is 4.79 Å². The highest BCUT2D eigenvalue weighted by molar-refractivity contribution is 5.86. The zero-order valence-electron chi connectivity index (χ0n) is 13.0. The molecule has 4 nitrogen and oxygen atoms in total. The van der Waals surface area contributed by atoms with E-state index < -0.39 is 6.04 Å². The number of carbonyl (C=O) groups is 1. The minimum atomic E-state index is -0.485. The number of aromatic nitrogens is 1. The van der Waals surface area contributed by atoms with E-state index in [1.165, 1.54) is 6.92 Å². The Morgan fingerprint density at radius 2 is 1.90 bits per heavy atom. The molecule has 2 rings (SSSR count). The van der Waals surface area contributed by atoms with Gasteiger partial charge in [0.05, 0.1) is 6.04 Å². The number of benzene rings is 1. The third-order valence-electron chi connectivity index (χ3n) is 2.71. The minimum absolute atomic E-state index is 0.0329. The number of phenols is 1. The molecule has 1 aromatic carbocycles.